The Morgan fingerprint density at radius 1 is 1.17 bits per heavy atom. The molecule has 2 aliphatic heterocycles. The van der Waals surface area contributed by atoms with E-state index in [0.29, 0.717) is 11.6 Å². The zero-order valence-corrected chi connectivity index (χ0v) is 17.8. The molecule has 0 amide bonds. The van der Waals surface area contributed by atoms with Gasteiger partial charge in [0.25, 0.3) is 0 Å². The van der Waals surface area contributed by atoms with Gasteiger partial charge < -0.3 is 4.90 Å². The summed E-state index contributed by atoms with van der Waals surface area (Å²) in [7, 11) is 0. The van der Waals surface area contributed by atoms with Gasteiger partial charge in [-0.05, 0) is 38.3 Å². The van der Waals surface area contributed by atoms with E-state index in [0.717, 1.165) is 55.9 Å². The highest BCUT2D eigenvalue weighted by molar-refractivity contribution is 6.49. The van der Waals surface area contributed by atoms with Crippen LogP contribution in [0, 0.1) is 5.41 Å². The van der Waals surface area contributed by atoms with Crippen molar-refractivity contribution in [1.82, 2.24) is 24.8 Å². The van der Waals surface area contributed by atoms with E-state index in [1.54, 1.807) is 10.9 Å². The van der Waals surface area contributed by atoms with Crippen molar-refractivity contribution < 1.29 is 0 Å². The number of nitrogens with zero attached hydrogens (tertiary/aromatic N) is 7. The lowest BCUT2D eigenvalue weighted by molar-refractivity contribution is 0.391. The predicted octanol–water partition coefficient (Wildman–Crippen LogP) is 4.13. The second kappa shape index (κ2) is 7.89. The van der Waals surface area contributed by atoms with Crippen LogP contribution < -0.4 is 0 Å². The molecule has 2 aromatic rings. The molecule has 29 heavy (non-hydrogen) atoms. The molecule has 4 rings (SSSR count). The average Bonchev–Trinajstić information content (AvgIpc) is 3.37. The smallest absolute Gasteiger partial charge is 0.205 e. The SMILES string of the molecule is CCCCC1=Nn2c(nnc2-c2ccccn2)C1=NC=C1N(CC)CCC1(C)C. The standard InChI is InChI=1S/C22H29N7/c1-5-7-10-16-19(24-15-18-22(3,4)12-14-28(18)6-2)21-26-25-20(29(21)27-16)17-11-8-9-13-23-17/h8-9,11,13,15H,5-7,10,12,14H2,1-4H3. The normalized spacial score (nSPS) is 20.6. The Morgan fingerprint density at radius 3 is 2.72 bits per heavy atom. The van der Waals surface area contributed by atoms with Gasteiger partial charge in [0.15, 0.2) is 0 Å². The van der Waals surface area contributed by atoms with Crippen molar-refractivity contribution in [1.29, 1.82) is 0 Å². The predicted molar refractivity (Wildman–Crippen MR) is 116 cm³/mol. The van der Waals surface area contributed by atoms with Gasteiger partial charge in [-0.2, -0.15) is 9.78 Å². The van der Waals surface area contributed by atoms with Crippen molar-refractivity contribution >= 4 is 11.4 Å². The second-order valence-electron chi connectivity index (χ2n) is 8.23. The molecule has 0 aromatic carbocycles. The van der Waals surface area contributed by atoms with Crippen LogP contribution in [0.2, 0.25) is 0 Å². The van der Waals surface area contributed by atoms with E-state index in [2.05, 4.69) is 47.8 Å². The summed E-state index contributed by atoms with van der Waals surface area (Å²) in [5, 5.41) is 13.6. The second-order valence-corrected chi connectivity index (χ2v) is 8.23. The Bertz CT molecular complexity index is 966. The van der Waals surface area contributed by atoms with Crippen molar-refractivity contribution in [3.8, 4) is 11.5 Å². The van der Waals surface area contributed by atoms with Gasteiger partial charge in [-0.15, -0.1) is 10.2 Å². The lowest BCUT2D eigenvalue weighted by Gasteiger charge is -2.24. The molecule has 2 aromatic heterocycles. The fraction of sp³-hybridized carbons (Fsp3) is 0.500. The van der Waals surface area contributed by atoms with Crippen LogP contribution in [0.5, 0.6) is 0 Å². The first-order valence-corrected chi connectivity index (χ1v) is 10.5. The quantitative estimate of drug-likeness (QED) is 0.742. The molecule has 2 aliphatic rings. The Balaban J connectivity index is 1.75. The minimum Gasteiger partial charge on any atom is -0.373 e. The number of aromatic nitrogens is 4. The fourth-order valence-electron chi connectivity index (χ4n) is 3.92. The molecule has 0 bridgehead atoms. The lowest BCUT2D eigenvalue weighted by Crippen LogP contribution is -2.21. The van der Waals surface area contributed by atoms with Crippen LogP contribution in [0.25, 0.3) is 11.5 Å². The van der Waals surface area contributed by atoms with Crippen molar-refractivity contribution in [3.05, 3.63) is 42.1 Å². The maximum Gasteiger partial charge on any atom is 0.205 e. The molecule has 7 nitrogen and oxygen atoms in total. The van der Waals surface area contributed by atoms with Gasteiger partial charge >= 0.3 is 0 Å². The van der Waals surface area contributed by atoms with Crippen molar-refractivity contribution in [3.63, 3.8) is 0 Å². The maximum absolute atomic E-state index is 4.92. The number of hydrogen-bond donors (Lipinski definition) is 0. The van der Waals surface area contributed by atoms with Crippen molar-refractivity contribution in [2.75, 3.05) is 13.1 Å². The van der Waals surface area contributed by atoms with Gasteiger partial charge in [-0.3, -0.25) is 4.98 Å². The van der Waals surface area contributed by atoms with E-state index in [1.165, 1.54) is 5.70 Å². The van der Waals surface area contributed by atoms with Crippen LogP contribution in [-0.4, -0.2) is 49.3 Å². The number of unbranched alkanes of at least 4 members (excludes halogenated alkanes) is 1. The van der Waals surface area contributed by atoms with E-state index < -0.39 is 0 Å². The van der Waals surface area contributed by atoms with Gasteiger partial charge in [-0.1, -0.05) is 33.3 Å². The molecule has 0 saturated carbocycles. The first-order valence-electron chi connectivity index (χ1n) is 10.5. The highest BCUT2D eigenvalue weighted by atomic mass is 15.5. The van der Waals surface area contributed by atoms with E-state index in [1.807, 2.05) is 24.4 Å². The third-order valence-corrected chi connectivity index (χ3v) is 5.75. The molecule has 0 radical (unpaired) electrons. The average molecular weight is 392 g/mol. The summed E-state index contributed by atoms with van der Waals surface area (Å²) in [5.74, 6) is 1.36. The molecule has 0 aliphatic carbocycles. The van der Waals surface area contributed by atoms with Crippen LogP contribution in [0.15, 0.2) is 46.4 Å². The fourth-order valence-corrected chi connectivity index (χ4v) is 3.92. The highest BCUT2D eigenvalue weighted by Crippen LogP contribution is 2.39. The Hall–Kier alpha value is -2.83. The van der Waals surface area contributed by atoms with Crippen LogP contribution in [0.4, 0.5) is 0 Å². The molecule has 0 unspecified atom stereocenters. The van der Waals surface area contributed by atoms with Gasteiger partial charge in [-0.25, -0.2) is 4.99 Å². The monoisotopic (exact) mass is 391 g/mol. The number of rotatable bonds is 6. The Labute approximate surface area is 172 Å². The largest absolute Gasteiger partial charge is 0.373 e. The summed E-state index contributed by atoms with van der Waals surface area (Å²) in [6.45, 7) is 11.0. The molecule has 7 heteroatoms. The molecule has 152 valence electrons. The van der Waals surface area contributed by atoms with Gasteiger partial charge in [0.2, 0.25) is 11.6 Å². The number of pyridine rings is 1. The number of aliphatic imine (C=N–C) groups is 1. The molecule has 0 spiro atoms. The van der Waals surface area contributed by atoms with Crippen molar-refractivity contribution in [2.24, 2.45) is 15.5 Å². The number of fused-ring (bicyclic) bond motifs is 1. The Kier molecular flexibility index (Phi) is 5.30. The molecular weight excluding hydrogens is 362 g/mol. The summed E-state index contributed by atoms with van der Waals surface area (Å²) >= 11 is 0. The van der Waals surface area contributed by atoms with E-state index in [4.69, 9.17) is 10.1 Å². The minimum absolute atomic E-state index is 0.131. The van der Waals surface area contributed by atoms with E-state index in [9.17, 15) is 0 Å². The molecule has 4 heterocycles. The van der Waals surface area contributed by atoms with E-state index in [-0.39, 0.29) is 5.41 Å². The topological polar surface area (TPSA) is 71.6 Å². The zero-order valence-electron chi connectivity index (χ0n) is 17.8. The minimum atomic E-state index is 0.131. The zero-order chi connectivity index (χ0) is 20.4. The number of allylic oxidation sites excluding steroid dienone is 1. The summed E-state index contributed by atoms with van der Waals surface area (Å²) in [4.78, 5) is 11.7. The number of likely N-dealkylation sites (tertiary alicyclic amines) is 1. The first kappa shape index (κ1) is 19.5. The molecular formula is C22H29N7. The molecule has 0 N–H and O–H groups in total. The van der Waals surface area contributed by atoms with Crippen LogP contribution in [-0.2, 0) is 0 Å². The summed E-state index contributed by atoms with van der Waals surface area (Å²) in [5.41, 5.74) is 3.99. The summed E-state index contributed by atoms with van der Waals surface area (Å²) in [6, 6.07) is 5.76. The first-order chi connectivity index (χ1) is 14.0. The lowest BCUT2D eigenvalue weighted by atomic mass is 9.89. The van der Waals surface area contributed by atoms with Crippen LogP contribution in [0.3, 0.4) is 0 Å². The van der Waals surface area contributed by atoms with Crippen LogP contribution in [0.1, 0.15) is 59.2 Å². The van der Waals surface area contributed by atoms with Gasteiger partial charge in [0.05, 0.1) is 5.71 Å². The van der Waals surface area contributed by atoms with Crippen LogP contribution >= 0.6 is 0 Å². The Morgan fingerprint density at radius 2 is 2.00 bits per heavy atom. The maximum atomic E-state index is 4.92. The van der Waals surface area contributed by atoms with Gasteiger partial charge in [0, 0.05) is 36.6 Å². The van der Waals surface area contributed by atoms with E-state index >= 15 is 0 Å². The molecule has 1 saturated heterocycles. The van der Waals surface area contributed by atoms with Crippen molar-refractivity contribution in [2.45, 2.75) is 53.4 Å². The highest BCUT2D eigenvalue weighted by Gasteiger charge is 2.34. The molecule has 1 fully saturated rings. The van der Waals surface area contributed by atoms with Gasteiger partial charge in [0.1, 0.15) is 11.4 Å². The summed E-state index contributed by atoms with van der Waals surface area (Å²) in [6.07, 6.45) is 7.99. The third kappa shape index (κ3) is 3.61. The molecule has 0 atom stereocenters. The number of hydrogen-bond acceptors (Lipinski definition) is 6. The summed E-state index contributed by atoms with van der Waals surface area (Å²) < 4.78 is 1.79. The third-order valence-electron chi connectivity index (χ3n) is 5.75.